The minimum atomic E-state index is 0.359. The lowest BCUT2D eigenvalue weighted by atomic mass is 10.1. The summed E-state index contributed by atoms with van der Waals surface area (Å²) in [6.45, 7) is 6.01. The number of ether oxygens (including phenoxy) is 1. The van der Waals surface area contributed by atoms with Crippen LogP contribution in [0.2, 0.25) is 0 Å². The fraction of sp³-hybridized carbons (Fsp3) is 0.727. The Kier molecular flexibility index (Phi) is 3.72. The quantitative estimate of drug-likeness (QED) is 0.858. The Bertz CT molecular complexity index is 307. The predicted octanol–water partition coefficient (Wildman–Crippen LogP) is 2.28. The van der Waals surface area contributed by atoms with Gasteiger partial charge >= 0.3 is 0 Å². The molecule has 1 atom stereocenters. The molecular formula is C11H18N2OS. The Balaban J connectivity index is 1.88. The molecule has 1 aliphatic rings. The second-order valence-corrected chi connectivity index (χ2v) is 5.13. The summed E-state index contributed by atoms with van der Waals surface area (Å²) in [5.41, 5.74) is 1.17. The average Bonchev–Trinajstić information content (AvgIpc) is 2.66. The van der Waals surface area contributed by atoms with Crippen molar-refractivity contribution in [3.63, 3.8) is 0 Å². The number of nitrogens with one attached hydrogen (secondary N) is 1. The van der Waals surface area contributed by atoms with E-state index in [1.807, 2.05) is 0 Å². The van der Waals surface area contributed by atoms with Crippen LogP contribution in [0.15, 0.2) is 5.38 Å². The van der Waals surface area contributed by atoms with Gasteiger partial charge in [-0.25, -0.2) is 4.98 Å². The van der Waals surface area contributed by atoms with E-state index in [1.54, 1.807) is 11.3 Å². The van der Waals surface area contributed by atoms with Crippen LogP contribution < -0.4 is 5.32 Å². The summed E-state index contributed by atoms with van der Waals surface area (Å²) in [5.74, 6) is 0. The van der Waals surface area contributed by atoms with Crippen molar-refractivity contribution >= 4 is 11.3 Å². The van der Waals surface area contributed by atoms with E-state index in [4.69, 9.17) is 4.74 Å². The highest BCUT2D eigenvalue weighted by atomic mass is 32.1. The second kappa shape index (κ2) is 5.05. The molecule has 1 aromatic heterocycles. The van der Waals surface area contributed by atoms with Gasteiger partial charge in [0.25, 0.3) is 0 Å². The molecule has 0 aliphatic carbocycles. The maximum absolute atomic E-state index is 5.34. The third kappa shape index (κ3) is 3.00. The first kappa shape index (κ1) is 11.0. The Labute approximate surface area is 94.9 Å². The molecular weight excluding hydrogens is 208 g/mol. The highest BCUT2D eigenvalue weighted by molar-refractivity contribution is 7.09. The molecule has 0 spiro atoms. The van der Waals surface area contributed by atoms with Gasteiger partial charge in [-0.05, 0) is 26.7 Å². The molecule has 1 aliphatic heterocycles. The summed E-state index contributed by atoms with van der Waals surface area (Å²) in [4.78, 5) is 4.50. The van der Waals surface area contributed by atoms with Crippen molar-refractivity contribution in [1.29, 1.82) is 0 Å². The number of hydrogen-bond donors (Lipinski definition) is 1. The van der Waals surface area contributed by atoms with Gasteiger partial charge in [-0.1, -0.05) is 0 Å². The van der Waals surface area contributed by atoms with Crippen molar-refractivity contribution < 1.29 is 4.74 Å². The predicted molar refractivity (Wildman–Crippen MR) is 62.2 cm³/mol. The van der Waals surface area contributed by atoms with E-state index < -0.39 is 0 Å². The Morgan fingerprint density at radius 3 is 2.87 bits per heavy atom. The van der Waals surface area contributed by atoms with Crippen LogP contribution in [0.4, 0.5) is 0 Å². The molecule has 3 nitrogen and oxygen atoms in total. The summed E-state index contributed by atoms with van der Waals surface area (Å²) in [7, 11) is 0. The van der Waals surface area contributed by atoms with Crippen LogP contribution in [0.5, 0.6) is 0 Å². The molecule has 0 bridgehead atoms. The maximum atomic E-state index is 5.34. The van der Waals surface area contributed by atoms with E-state index in [0.29, 0.717) is 12.1 Å². The third-order valence-corrected chi connectivity index (χ3v) is 3.58. The van der Waals surface area contributed by atoms with E-state index in [2.05, 4.69) is 29.5 Å². The van der Waals surface area contributed by atoms with Gasteiger partial charge < -0.3 is 10.1 Å². The first-order chi connectivity index (χ1) is 7.25. The van der Waals surface area contributed by atoms with Gasteiger partial charge in [-0.3, -0.25) is 0 Å². The van der Waals surface area contributed by atoms with Gasteiger partial charge in [0.2, 0.25) is 0 Å². The normalized spacial score (nSPS) is 20.4. The van der Waals surface area contributed by atoms with Crippen molar-refractivity contribution in [1.82, 2.24) is 10.3 Å². The molecule has 1 saturated heterocycles. The fourth-order valence-corrected chi connectivity index (χ4v) is 2.59. The molecule has 1 aromatic rings. The molecule has 84 valence electrons. The first-order valence-corrected chi connectivity index (χ1v) is 6.39. The molecule has 0 saturated carbocycles. The van der Waals surface area contributed by atoms with Crippen LogP contribution in [0.3, 0.4) is 0 Å². The second-order valence-electron chi connectivity index (χ2n) is 4.07. The topological polar surface area (TPSA) is 34.2 Å². The standard InChI is InChI=1S/C11H18N2OS/c1-8(11-7-15-9(2)13-11)12-10-3-5-14-6-4-10/h7-8,10,12H,3-6H2,1-2H3. The van der Waals surface area contributed by atoms with Crippen LogP contribution in [-0.4, -0.2) is 24.2 Å². The average molecular weight is 226 g/mol. The van der Waals surface area contributed by atoms with Gasteiger partial charge in [0.1, 0.15) is 0 Å². The highest BCUT2D eigenvalue weighted by Gasteiger charge is 2.17. The molecule has 15 heavy (non-hydrogen) atoms. The van der Waals surface area contributed by atoms with Crippen LogP contribution in [-0.2, 0) is 4.74 Å². The SMILES string of the molecule is Cc1nc(C(C)NC2CCOCC2)cs1. The Hall–Kier alpha value is -0.450. The molecule has 1 unspecified atom stereocenters. The summed E-state index contributed by atoms with van der Waals surface area (Å²) in [6, 6.07) is 0.953. The van der Waals surface area contributed by atoms with Crippen LogP contribution in [0.25, 0.3) is 0 Å². The molecule has 0 radical (unpaired) electrons. The molecule has 0 amide bonds. The summed E-state index contributed by atoms with van der Waals surface area (Å²) >= 11 is 1.72. The summed E-state index contributed by atoms with van der Waals surface area (Å²) in [6.07, 6.45) is 2.24. The highest BCUT2D eigenvalue weighted by Crippen LogP contribution is 2.18. The number of nitrogens with zero attached hydrogens (tertiary/aromatic N) is 1. The molecule has 2 heterocycles. The van der Waals surface area contributed by atoms with E-state index >= 15 is 0 Å². The number of aromatic nitrogens is 1. The molecule has 1 N–H and O–H groups in total. The van der Waals surface area contributed by atoms with Crippen LogP contribution in [0.1, 0.15) is 36.5 Å². The minimum absolute atomic E-state index is 0.359. The Morgan fingerprint density at radius 2 is 2.27 bits per heavy atom. The summed E-state index contributed by atoms with van der Waals surface area (Å²) < 4.78 is 5.34. The zero-order valence-corrected chi connectivity index (χ0v) is 10.1. The minimum Gasteiger partial charge on any atom is -0.381 e. The van der Waals surface area contributed by atoms with E-state index in [1.165, 1.54) is 5.69 Å². The van der Waals surface area contributed by atoms with Crippen LogP contribution in [0, 0.1) is 6.92 Å². The molecule has 2 rings (SSSR count). The van der Waals surface area contributed by atoms with Crippen LogP contribution >= 0.6 is 11.3 Å². The number of hydrogen-bond acceptors (Lipinski definition) is 4. The van der Waals surface area contributed by atoms with Crippen molar-refractivity contribution in [2.24, 2.45) is 0 Å². The van der Waals surface area contributed by atoms with Crippen molar-refractivity contribution in [3.8, 4) is 0 Å². The largest absolute Gasteiger partial charge is 0.381 e. The van der Waals surface area contributed by atoms with Gasteiger partial charge in [0.05, 0.1) is 10.7 Å². The summed E-state index contributed by atoms with van der Waals surface area (Å²) in [5, 5.41) is 6.90. The van der Waals surface area contributed by atoms with Crippen molar-refractivity contribution in [3.05, 3.63) is 16.1 Å². The molecule has 0 aromatic carbocycles. The lowest BCUT2D eigenvalue weighted by molar-refractivity contribution is 0.0753. The first-order valence-electron chi connectivity index (χ1n) is 5.51. The van der Waals surface area contributed by atoms with Gasteiger partial charge in [0, 0.05) is 30.7 Å². The van der Waals surface area contributed by atoms with E-state index in [-0.39, 0.29) is 0 Å². The lowest BCUT2D eigenvalue weighted by Crippen LogP contribution is -2.36. The number of thiazole rings is 1. The number of rotatable bonds is 3. The lowest BCUT2D eigenvalue weighted by Gasteiger charge is -2.26. The van der Waals surface area contributed by atoms with Crippen molar-refractivity contribution in [2.75, 3.05) is 13.2 Å². The van der Waals surface area contributed by atoms with Crippen molar-refractivity contribution in [2.45, 2.75) is 38.8 Å². The molecule has 4 heteroatoms. The van der Waals surface area contributed by atoms with E-state index in [9.17, 15) is 0 Å². The zero-order chi connectivity index (χ0) is 10.7. The number of aryl methyl sites for hydroxylation is 1. The smallest absolute Gasteiger partial charge is 0.0898 e. The molecule has 1 fully saturated rings. The Morgan fingerprint density at radius 1 is 1.53 bits per heavy atom. The zero-order valence-electron chi connectivity index (χ0n) is 9.32. The fourth-order valence-electron chi connectivity index (χ4n) is 1.88. The van der Waals surface area contributed by atoms with Gasteiger partial charge in [-0.2, -0.15) is 0 Å². The monoisotopic (exact) mass is 226 g/mol. The maximum Gasteiger partial charge on any atom is 0.0898 e. The van der Waals surface area contributed by atoms with Gasteiger partial charge in [-0.15, -0.1) is 11.3 Å². The van der Waals surface area contributed by atoms with Gasteiger partial charge in [0.15, 0.2) is 0 Å². The third-order valence-electron chi connectivity index (χ3n) is 2.79. The van der Waals surface area contributed by atoms with E-state index in [0.717, 1.165) is 31.1 Å².